The van der Waals surface area contributed by atoms with E-state index >= 15 is 0 Å². The van der Waals surface area contributed by atoms with Gasteiger partial charge in [-0.15, -0.1) is 11.6 Å². The average molecular weight is 269 g/mol. The fourth-order valence-corrected chi connectivity index (χ4v) is 3.68. The number of hydrogen-bond donors (Lipinski definition) is 1. The number of nitrogens with one attached hydrogen (secondary N) is 1. The molecule has 1 saturated carbocycles. The van der Waals surface area contributed by atoms with E-state index in [4.69, 9.17) is 16.1 Å². The van der Waals surface area contributed by atoms with Gasteiger partial charge in [0.15, 0.2) is 5.82 Å². The summed E-state index contributed by atoms with van der Waals surface area (Å²) in [5, 5.41) is 7.47. The maximum Gasteiger partial charge on any atom is 0.241 e. The lowest BCUT2D eigenvalue weighted by molar-refractivity contribution is 0.115. The van der Waals surface area contributed by atoms with Crippen molar-refractivity contribution in [2.24, 2.45) is 11.8 Å². The summed E-state index contributed by atoms with van der Waals surface area (Å²) in [6, 6.07) is 1.39. The molecule has 1 aliphatic carbocycles. The van der Waals surface area contributed by atoms with E-state index in [0.717, 1.165) is 30.2 Å². The van der Waals surface area contributed by atoms with E-state index in [9.17, 15) is 0 Å². The molecule has 1 N–H and O–H groups in total. The quantitative estimate of drug-likeness (QED) is 0.823. The molecular formula is C12H17ClN4O. The second kappa shape index (κ2) is 3.92. The zero-order chi connectivity index (χ0) is 12.3. The Labute approximate surface area is 111 Å². The molecule has 2 saturated heterocycles. The molecule has 3 fully saturated rings. The smallest absolute Gasteiger partial charge is 0.241 e. The molecule has 0 bridgehead atoms. The SMILES string of the molecule is C[C@H]1NCC1N1C[C@@H]2C(c3noc(CCl)n3)[C@@H]2C1. The van der Waals surface area contributed by atoms with Crippen LogP contribution in [0.25, 0.3) is 0 Å². The van der Waals surface area contributed by atoms with Crippen LogP contribution < -0.4 is 5.32 Å². The minimum absolute atomic E-state index is 0.312. The molecule has 4 rings (SSSR count). The standard InChI is InChI=1S/C12H17ClN4O/c1-6-9(3-14-6)17-4-7-8(5-17)11(7)12-15-10(2-13)18-16-12/h6-9,11,14H,2-5H2,1H3/t6-,7-,8+,9?,11?/m1/s1. The second-order valence-corrected chi connectivity index (χ2v) is 6.02. The van der Waals surface area contributed by atoms with Crippen LogP contribution in [0.1, 0.15) is 24.6 Å². The van der Waals surface area contributed by atoms with Crippen molar-refractivity contribution in [2.75, 3.05) is 19.6 Å². The predicted octanol–water partition coefficient (Wildman–Crippen LogP) is 0.814. The molecule has 18 heavy (non-hydrogen) atoms. The van der Waals surface area contributed by atoms with Crippen LogP contribution in [0.3, 0.4) is 0 Å². The van der Waals surface area contributed by atoms with E-state index in [1.54, 1.807) is 0 Å². The first kappa shape index (κ1) is 11.2. The van der Waals surface area contributed by atoms with Gasteiger partial charge in [-0.3, -0.25) is 4.90 Å². The van der Waals surface area contributed by atoms with Crippen molar-refractivity contribution in [2.45, 2.75) is 30.8 Å². The van der Waals surface area contributed by atoms with Crippen LogP contribution in [-0.4, -0.2) is 46.8 Å². The lowest BCUT2D eigenvalue weighted by Crippen LogP contribution is -2.63. The molecule has 0 spiro atoms. The summed E-state index contributed by atoms with van der Waals surface area (Å²) < 4.78 is 5.09. The van der Waals surface area contributed by atoms with E-state index in [0.29, 0.717) is 23.7 Å². The zero-order valence-electron chi connectivity index (χ0n) is 10.3. The summed E-state index contributed by atoms with van der Waals surface area (Å²) in [7, 11) is 0. The van der Waals surface area contributed by atoms with E-state index in [2.05, 4.69) is 27.3 Å². The highest BCUT2D eigenvalue weighted by Crippen LogP contribution is 2.57. The number of hydrogen-bond acceptors (Lipinski definition) is 5. The number of nitrogens with zero attached hydrogens (tertiary/aromatic N) is 3. The molecule has 6 heteroatoms. The third-order valence-corrected chi connectivity index (χ3v) is 5.04. The van der Waals surface area contributed by atoms with Crippen LogP contribution in [0.5, 0.6) is 0 Å². The van der Waals surface area contributed by atoms with Crippen molar-refractivity contribution in [3.05, 3.63) is 11.7 Å². The van der Waals surface area contributed by atoms with Crippen LogP contribution in [-0.2, 0) is 5.88 Å². The molecule has 5 atom stereocenters. The summed E-state index contributed by atoms with van der Waals surface area (Å²) in [4.78, 5) is 6.97. The van der Waals surface area contributed by atoms with E-state index < -0.39 is 0 Å². The number of alkyl halides is 1. The summed E-state index contributed by atoms with van der Waals surface area (Å²) >= 11 is 5.68. The largest absolute Gasteiger partial charge is 0.338 e. The van der Waals surface area contributed by atoms with E-state index in [1.807, 2.05) is 0 Å². The summed E-state index contributed by atoms with van der Waals surface area (Å²) in [6.45, 7) is 5.79. The van der Waals surface area contributed by atoms with E-state index in [1.165, 1.54) is 13.1 Å². The van der Waals surface area contributed by atoms with Gasteiger partial charge in [-0.25, -0.2) is 0 Å². The number of rotatable bonds is 3. The van der Waals surface area contributed by atoms with Crippen LogP contribution in [0.2, 0.25) is 0 Å². The Kier molecular flexibility index (Phi) is 2.44. The van der Waals surface area contributed by atoms with Gasteiger partial charge in [0.1, 0.15) is 5.88 Å². The zero-order valence-corrected chi connectivity index (χ0v) is 11.1. The normalized spacial score (nSPS) is 42.7. The molecule has 1 aromatic heterocycles. The van der Waals surface area contributed by atoms with Gasteiger partial charge in [-0.05, 0) is 18.8 Å². The maximum absolute atomic E-state index is 5.68. The number of aromatic nitrogens is 2. The molecule has 3 aliphatic rings. The molecule has 3 heterocycles. The topological polar surface area (TPSA) is 54.2 Å². The highest BCUT2D eigenvalue weighted by Gasteiger charge is 2.59. The Morgan fingerprint density at radius 1 is 1.44 bits per heavy atom. The fraction of sp³-hybridized carbons (Fsp3) is 0.833. The first-order chi connectivity index (χ1) is 8.78. The Balaban J connectivity index is 1.40. The Morgan fingerprint density at radius 3 is 2.72 bits per heavy atom. The minimum Gasteiger partial charge on any atom is -0.338 e. The number of fused-ring (bicyclic) bond motifs is 1. The van der Waals surface area contributed by atoms with Crippen molar-refractivity contribution in [1.82, 2.24) is 20.4 Å². The monoisotopic (exact) mass is 268 g/mol. The van der Waals surface area contributed by atoms with Crippen molar-refractivity contribution in [3.63, 3.8) is 0 Å². The fourth-order valence-electron chi connectivity index (χ4n) is 3.57. The van der Waals surface area contributed by atoms with Gasteiger partial charge in [-0.1, -0.05) is 5.16 Å². The number of piperidine rings is 1. The van der Waals surface area contributed by atoms with E-state index in [-0.39, 0.29) is 0 Å². The molecule has 2 unspecified atom stereocenters. The van der Waals surface area contributed by atoms with Gasteiger partial charge in [0.2, 0.25) is 5.89 Å². The highest BCUT2D eigenvalue weighted by atomic mass is 35.5. The Bertz CT molecular complexity index is 453. The number of halogens is 1. The lowest BCUT2D eigenvalue weighted by Gasteiger charge is -2.42. The van der Waals surface area contributed by atoms with Crippen LogP contribution in [0.15, 0.2) is 4.52 Å². The molecule has 0 radical (unpaired) electrons. The van der Waals surface area contributed by atoms with Crippen molar-refractivity contribution >= 4 is 11.6 Å². The lowest BCUT2D eigenvalue weighted by atomic mass is 10.00. The first-order valence-corrected chi connectivity index (χ1v) is 7.17. The molecule has 98 valence electrons. The van der Waals surface area contributed by atoms with Gasteiger partial charge in [0.25, 0.3) is 0 Å². The molecule has 5 nitrogen and oxygen atoms in total. The van der Waals surface area contributed by atoms with Gasteiger partial charge in [0.05, 0.1) is 0 Å². The third-order valence-electron chi connectivity index (χ3n) is 4.81. The maximum atomic E-state index is 5.68. The third kappa shape index (κ3) is 1.54. The van der Waals surface area contributed by atoms with Crippen LogP contribution in [0, 0.1) is 11.8 Å². The van der Waals surface area contributed by atoms with Gasteiger partial charge in [-0.2, -0.15) is 4.98 Å². The molecule has 0 aromatic carbocycles. The van der Waals surface area contributed by atoms with Crippen molar-refractivity contribution in [3.8, 4) is 0 Å². The van der Waals surface area contributed by atoms with Crippen LogP contribution in [0.4, 0.5) is 0 Å². The van der Waals surface area contributed by atoms with Gasteiger partial charge in [0, 0.05) is 37.6 Å². The average Bonchev–Trinajstić information content (AvgIpc) is 2.78. The Morgan fingerprint density at radius 2 is 2.22 bits per heavy atom. The number of likely N-dealkylation sites (tertiary alicyclic amines) is 1. The Hall–Kier alpha value is -0.650. The van der Waals surface area contributed by atoms with Crippen LogP contribution >= 0.6 is 11.6 Å². The molecule has 0 amide bonds. The predicted molar refractivity (Wildman–Crippen MR) is 66.4 cm³/mol. The molecule has 1 aromatic rings. The van der Waals surface area contributed by atoms with Gasteiger partial charge < -0.3 is 9.84 Å². The van der Waals surface area contributed by atoms with Crippen molar-refractivity contribution in [1.29, 1.82) is 0 Å². The molecule has 2 aliphatic heterocycles. The molecular weight excluding hydrogens is 252 g/mol. The summed E-state index contributed by atoms with van der Waals surface area (Å²) in [6.07, 6.45) is 0. The summed E-state index contributed by atoms with van der Waals surface area (Å²) in [5.74, 6) is 3.72. The first-order valence-electron chi connectivity index (χ1n) is 6.64. The van der Waals surface area contributed by atoms with Crippen molar-refractivity contribution < 1.29 is 4.52 Å². The minimum atomic E-state index is 0.312. The summed E-state index contributed by atoms with van der Waals surface area (Å²) in [5.41, 5.74) is 0. The second-order valence-electron chi connectivity index (χ2n) is 5.75. The highest BCUT2D eigenvalue weighted by molar-refractivity contribution is 6.16. The van der Waals surface area contributed by atoms with Gasteiger partial charge >= 0.3 is 0 Å².